The van der Waals surface area contributed by atoms with E-state index in [1.165, 1.54) is 19.4 Å². The molecule has 0 aromatic heterocycles. The second-order valence-electron chi connectivity index (χ2n) is 4.02. The molecule has 2 heteroatoms. The molecule has 0 aromatic carbocycles. The number of fused-ring (bicyclic) bond motifs is 3. The Kier molecular flexibility index (Phi) is 2.20. The molecule has 1 N–H and O–H groups in total. The zero-order valence-corrected chi connectivity index (χ0v) is 7.45. The molecule has 2 nitrogen and oxygen atoms in total. The van der Waals surface area contributed by atoms with Gasteiger partial charge in [0.05, 0.1) is 6.61 Å². The van der Waals surface area contributed by atoms with Gasteiger partial charge in [0.1, 0.15) is 0 Å². The molecule has 4 atom stereocenters. The van der Waals surface area contributed by atoms with Gasteiger partial charge in [-0.3, -0.25) is 4.90 Å². The van der Waals surface area contributed by atoms with Crippen molar-refractivity contribution in [1.29, 1.82) is 0 Å². The Hall–Kier alpha value is -0.340. The van der Waals surface area contributed by atoms with Gasteiger partial charge in [0, 0.05) is 12.6 Å². The molecule has 0 spiro atoms. The van der Waals surface area contributed by atoms with Crippen LogP contribution in [0.5, 0.6) is 0 Å². The summed E-state index contributed by atoms with van der Waals surface area (Å²) in [5.74, 6) is 1.48. The number of piperidine rings is 3. The first-order chi connectivity index (χ1) is 5.85. The van der Waals surface area contributed by atoms with E-state index in [-0.39, 0.29) is 0 Å². The van der Waals surface area contributed by atoms with Crippen molar-refractivity contribution in [3.8, 4) is 0 Å². The first-order valence-corrected chi connectivity index (χ1v) is 4.82. The third-order valence-corrected chi connectivity index (χ3v) is 3.44. The highest BCUT2D eigenvalue weighted by atomic mass is 16.3. The van der Waals surface area contributed by atoms with Crippen LogP contribution in [-0.2, 0) is 0 Å². The van der Waals surface area contributed by atoms with Crippen LogP contribution in [0.4, 0.5) is 0 Å². The summed E-state index contributed by atoms with van der Waals surface area (Å²) in [4.78, 5) is 2.41. The lowest BCUT2D eigenvalue weighted by molar-refractivity contribution is -0.00631. The average molecular weight is 167 g/mol. The number of rotatable bonds is 2. The third kappa shape index (κ3) is 1.19. The predicted octanol–water partition coefficient (Wildman–Crippen LogP) is 0.875. The van der Waals surface area contributed by atoms with Crippen LogP contribution >= 0.6 is 0 Å². The number of aliphatic hydroxyl groups is 1. The molecular formula is C10H17NO. The highest BCUT2D eigenvalue weighted by Crippen LogP contribution is 2.36. The van der Waals surface area contributed by atoms with E-state index in [4.69, 9.17) is 5.11 Å². The number of hydrogen-bond acceptors (Lipinski definition) is 2. The van der Waals surface area contributed by atoms with E-state index in [0.717, 1.165) is 12.5 Å². The van der Waals surface area contributed by atoms with Crippen molar-refractivity contribution < 1.29 is 5.11 Å². The van der Waals surface area contributed by atoms with Crippen LogP contribution < -0.4 is 0 Å². The van der Waals surface area contributed by atoms with E-state index < -0.39 is 0 Å². The van der Waals surface area contributed by atoms with Crippen LogP contribution in [0.3, 0.4) is 0 Å². The molecule has 3 saturated heterocycles. The summed E-state index contributed by atoms with van der Waals surface area (Å²) in [6.07, 6.45) is 4.56. The van der Waals surface area contributed by atoms with Gasteiger partial charge in [-0.05, 0) is 31.2 Å². The zero-order chi connectivity index (χ0) is 8.55. The summed E-state index contributed by atoms with van der Waals surface area (Å²) in [6, 6.07) is 0.444. The first kappa shape index (κ1) is 8.27. The van der Waals surface area contributed by atoms with Gasteiger partial charge < -0.3 is 5.11 Å². The minimum Gasteiger partial charge on any atom is -0.395 e. The van der Waals surface area contributed by atoms with E-state index in [0.29, 0.717) is 18.6 Å². The molecule has 3 fully saturated rings. The maximum atomic E-state index is 9.10. The van der Waals surface area contributed by atoms with Crippen molar-refractivity contribution >= 4 is 0 Å². The molecule has 12 heavy (non-hydrogen) atoms. The second kappa shape index (κ2) is 3.19. The van der Waals surface area contributed by atoms with Crippen LogP contribution in [-0.4, -0.2) is 35.7 Å². The molecule has 2 bridgehead atoms. The fraction of sp³-hybridized carbons (Fsp3) is 0.800. The second-order valence-corrected chi connectivity index (χ2v) is 4.02. The van der Waals surface area contributed by atoms with Gasteiger partial charge in [-0.25, -0.2) is 0 Å². The summed E-state index contributed by atoms with van der Waals surface area (Å²) >= 11 is 0. The Morgan fingerprint density at radius 1 is 1.58 bits per heavy atom. The smallest absolute Gasteiger partial charge is 0.0586 e. The summed E-state index contributed by atoms with van der Waals surface area (Å²) in [5, 5.41) is 9.10. The van der Waals surface area contributed by atoms with Crippen molar-refractivity contribution in [1.82, 2.24) is 4.90 Å². The lowest BCUT2D eigenvalue weighted by Gasteiger charge is -2.48. The van der Waals surface area contributed by atoms with Crippen molar-refractivity contribution in [2.45, 2.75) is 18.9 Å². The number of aliphatic hydroxyl groups excluding tert-OH is 1. The van der Waals surface area contributed by atoms with Crippen LogP contribution in [0, 0.1) is 11.8 Å². The lowest BCUT2D eigenvalue weighted by Crippen LogP contribution is -2.54. The molecule has 3 aliphatic heterocycles. The Balaban J connectivity index is 2.05. The SMILES string of the molecule is C=C[C@H]1CN2CCC1CC2CO. The molecule has 0 radical (unpaired) electrons. The fourth-order valence-corrected chi connectivity index (χ4v) is 2.64. The molecule has 0 aromatic rings. The molecule has 3 aliphatic rings. The van der Waals surface area contributed by atoms with Crippen molar-refractivity contribution in [3.05, 3.63) is 12.7 Å². The van der Waals surface area contributed by atoms with Crippen molar-refractivity contribution in [3.63, 3.8) is 0 Å². The lowest BCUT2D eigenvalue weighted by atomic mass is 9.76. The van der Waals surface area contributed by atoms with Crippen LogP contribution in [0.15, 0.2) is 12.7 Å². The monoisotopic (exact) mass is 167 g/mol. The van der Waals surface area contributed by atoms with Gasteiger partial charge in [0.2, 0.25) is 0 Å². The zero-order valence-electron chi connectivity index (χ0n) is 7.45. The van der Waals surface area contributed by atoms with Crippen molar-refractivity contribution in [2.75, 3.05) is 19.7 Å². The molecule has 68 valence electrons. The standard InChI is InChI=1S/C10H17NO/c1-2-8-6-11-4-3-9(8)5-10(11)7-12/h2,8-10,12H,1,3-7H2/t8-,9?,10?/m0/s1. The summed E-state index contributed by atoms with van der Waals surface area (Å²) < 4.78 is 0. The molecular weight excluding hydrogens is 150 g/mol. The summed E-state index contributed by atoms with van der Waals surface area (Å²) in [5.41, 5.74) is 0. The Labute approximate surface area is 73.9 Å². The van der Waals surface area contributed by atoms with Gasteiger partial charge >= 0.3 is 0 Å². The topological polar surface area (TPSA) is 23.5 Å². The van der Waals surface area contributed by atoms with Crippen LogP contribution in [0.1, 0.15) is 12.8 Å². The van der Waals surface area contributed by atoms with Gasteiger partial charge in [-0.2, -0.15) is 0 Å². The Bertz CT molecular complexity index is 181. The average Bonchev–Trinajstić information content (AvgIpc) is 2.18. The highest BCUT2D eigenvalue weighted by Gasteiger charge is 2.38. The van der Waals surface area contributed by atoms with Crippen molar-refractivity contribution in [2.24, 2.45) is 11.8 Å². The number of hydrogen-bond donors (Lipinski definition) is 1. The number of nitrogens with zero attached hydrogens (tertiary/aromatic N) is 1. The van der Waals surface area contributed by atoms with Gasteiger partial charge in [-0.15, -0.1) is 6.58 Å². The quantitative estimate of drug-likeness (QED) is 0.617. The molecule has 3 heterocycles. The minimum absolute atomic E-state index is 0.334. The first-order valence-electron chi connectivity index (χ1n) is 4.82. The van der Waals surface area contributed by atoms with Crippen LogP contribution in [0.2, 0.25) is 0 Å². The molecule has 0 saturated carbocycles. The van der Waals surface area contributed by atoms with Crippen LogP contribution in [0.25, 0.3) is 0 Å². The van der Waals surface area contributed by atoms with Gasteiger partial charge in [-0.1, -0.05) is 6.08 Å². The molecule has 3 rings (SSSR count). The van der Waals surface area contributed by atoms with E-state index in [2.05, 4.69) is 17.6 Å². The summed E-state index contributed by atoms with van der Waals surface area (Å²) in [7, 11) is 0. The van der Waals surface area contributed by atoms with E-state index >= 15 is 0 Å². The Morgan fingerprint density at radius 2 is 2.42 bits per heavy atom. The summed E-state index contributed by atoms with van der Waals surface area (Å²) in [6.45, 7) is 6.50. The predicted molar refractivity (Wildman–Crippen MR) is 48.9 cm³/mol. The highest BCUT2D eigenvalue weighted by molar-refractivity contribution is 4.98. The molecule has 0 aliphatic carbocycles. The maximum Gasteiger partial charge on any atom is 0.0586 e. The Morgan fingerprint density at radius 3 is 2.92 bits per heavy atom. The van der Waals surface area contributed by atoms with E-state index in [1.54, 1.807) is 0 Å². The maximum absolute atomic E-state index is 9.10. The largest absolute Gasteiger partial charge is 0.395 e. The van der Waals surface area contributed by atoms with Gasteiger partial charge in [0.25, 0.3) is 0 Å². The molecule has 0 amide bonds. The van der Waals surface area contributed by atoms with E-state index in [9.17, 15) is 0 Å². The van der Waals surface area contributed by atoms with Gasteiger partial charge in [0.15, 0.2) is 0 Å². The fourth-order valence-electron chi connectivity index (χ4n) is 2.64. The van der Waals surface area contributed by atoms with E-state index in [1.807, 2.05) is 0 Å². The normalized spacial score (nSPS) is 46.1. The molecule has 3 unspecified atom stereocenters. The third-order valence-electron chi connectivity index (χ3n) is 3.44. The minimum atomic E-state index is 0.334.